The largest absolute Gasteiger partial charge is 0.466 e. The van der Waals surface area contributed by atoms with E-state index in [4.69, 9.17) is 9.47 Å². The van der Waals surface area contributed by atoms with Crippen molar-refractivity contribution in [2.24, 2.45) is 5.41 Å². The number of hydrogen-bond acceptors (Lipinski definition) is 5. The number of benzene rings is 1. The molecular weight excluding hydrogens is 465 g/mol. The van der Waals surface area contributed by atoms with Crippen molar-refractivity contribution in [3.05, 3.63) is 35.4 Å². The molecule has 1 aromatic rings. The molecule has 1 amide bonds. The number of rotatable bonds is 9. The van der Waals surface area contributed by atoms with Crippen LogP contribution in [0.15, 0.2) is 24.3 Å². The highest BCUT2D eigenvalue weighted by atomic mass is 19.4. The molecule has 0 N–H and O–H groups in total. The van der Waals surface area contributed by atoms with Crippen molar-refractivity contribution in [3.63, 3.8) is 0 Å². The molecule has 2 rings (SSSR count). The summed E-state index contributed by atoms with van der Waals surface area (Å²) in [5, 5.41) is 0. The van der Waals surface area contributed by atoms with Gasteiger partial charge >= 0.3 is 18.1 Å². The van der Waals surface area contributed by atoms with Gasteiger partial charge < -0.3 is 14.4 Å². The number of amides is 1. The Morgan fingerprint density at radius 2 is 1.50 bits per heavy atom. The first-order valence-electron chi connectivity index (χ1n) is 11.0. The van der Waals surface area contributed by atoms with E-state index in [1.54, 1.807) is 13.8 Å². The molecule has 0 aromatic heterocycles. The Labute approximate surface area is 194 Å². The van der Waals surface area contributed by atoms with E-state index in [0.717, 1.165) is 17.0 Å². The maximum atomic E-state index is 13.8. The molecule has 0 unspecified atom stereocenters. The summed E-state index contributed by atoms with van der Waals surface area (Å²) in [5.74, 6) is -5.24. The average molecular weight is 493 g/mol. The number of carbonyl (C=O) groups excluding carboxylic acids is 3. The van der Waals surface area contributed by atoms with Gasteiger partial charge in [-0.1, -0.05) is 12.1 Å². The van der Waals surface area contributed by atoms with Gasteiger partial charge in [0, 0.05) is 25.9 Å². The van der Waals surface area contributed by atoms with Crippen molar-refractivity contribution in [1.29, 1.82) is 0 Å². The first-order chi connectivity index (χ1) is 15.8. The predicted octanol–water partition coefficient (Wildman–Crippen LogP) is 4.75. The second-order valence-electron chi connectivity index (χ2n) is 8.28. The maximum Gasteiger partial charge on any atom is 0.416 e. The summed E-state index contributed by atoms with van der Waals surface area (Å²) in [4.78, 5) is 38.7. The minimum absolute atomic E-state index is 0.00660. The normalized spacial score (nSPS) is 17.0. The highest BCUT2D eigenvalue weighted by molar-refractivity contribution is 5.94. The van der Waals surface area contributed by atoms with Gasteiger partial charge in [0.25, 0.3) is 0 Å². The molecule has 0 spiro atoms. The number of hydrogen-bond donors (Lipinski definition) is 0. The number of halogens is 5. The molecular formula is C23H28F5NO5. The molecule has 0 radical (unpaired) electrons. The fraction of sp³-hybridized carbons (Fsp3) is 0.609. The van der Waals surface area contributed by atoms with Crippen molar-refractivity contribution in [1.82, 2.24) is 4.90 Å². The molecule has 1 aliphatic rings. The Hall–Kier alpha value is -2.72. The number of ether oxygens (including phenoxy) is 2. The summed E-state index contributed by atoms with van der Waals surface area (Å²) in [6.45, 7) is 2.61. The third-order valence-corrected chi connectivity index (χ3v) is 5.75. The predicted molar refractivity (Wildman–Crippen MR) is 111 cm³/mol. The van der Waals surface area contributed by atoms with Crippen molar-refractivity contribution < 1.29 is 45.8 Å². The third kappa shape index (κ3) is 7.39. The van der Waals surface area contributed by atoms with Crippen LogP contribution in [0.5, 0.6) is 0 Å². The fourth-order valence-corrected chi connectivity index (χ4v) is 3.87. The average Bonchev–Trinajstić information content (AvgIpc) is 2.75. The lowest BCUT2D eigenvalue weighted by molar-refractivity contribution is -0.166. The van der Waals surface area contributed by atoms with Gasteiger partial charge in [-0.05, 0) is 44.4 Å². The van der Waals surface area contributed by atoms with Gasteiger partial charge in [0.15, 0.2) is 0 Å². The monoisotopic (exact) mass is 493 g/mol. The second-order valence-corrected chi connectivity index (χ2v) is 8.28. The summed E-state index contributed by atoms with van der Waals surface area (Å²) in [6.07, 6.45) is -6.84. The Balaban J connectivity index is 2.33. The molecule has 1 aliphatic carbocycles. The summed E-state index contributed by atoms with van der Waals surface area (Å²) in [5.41, 5.74) is -1.99. The lowest BCUT2D eigenvalue weighted by Crippen LogP contribution is -2.49. The number of esters is 2. The van der Waals surface area contributed by atoms with Crippen LogP contribution in [-0.4, -0.2) is 48.4 Å². The fourth-order valence-electron chi connectivity index (χ4n) is 3.87. The van der Waals surface area contributed by atoms with Crippen molar-refractivity contribution in [2.75, 3.05) is 19.8 Å². The summed E-state index contributed by atoms with van der Waals surface area (Å²) in [7, 11) is 0. The van der Waals surface area contributed by atoms with Crippen LogP contribution >= 0.6 is 0 Å². The molecule has 1 fully saturated rings. The first kappa shape index (κ1) is 27.5. The van der Waals surface area contributed by atoms with Crippen LogP contribution in [0.3, 0.4) is 0 Å². The minimum atomic E-state index is -4.54. The first-order valence-corrected chi connectivity index (χ1v) is 11.0. The lowest BCUT2D eigenvalue weighted by Gasteiger charge is -2.41. The zero-order valence-corrected chi connectivity index (χ0v) is 19.1. The van der Waals surface area contributed by atoms with Crippen LogP contribution in [0.25, 0.3) is 0 Å². The number of nitrogens with zero attached hydrogens (tertiary/aromatic N) is 1. The van der Waals surface area contributed by atoms with Crippen LogP contribution in [0.1, 0.15) is 57.1 Å². The van der Waals surface area contributed by atoms with Crippen molar-refractivity contribution in [2.45, 2.75) is 64.6 Å². The molecule has 1 aromatic carbocycles. The summed E-state index contributed by atoms with van der Waals surface area (Å²) in [6, 6.07) is 4.07. The molecule has 1 saturated carbocycles. The minimum Gasteiger partial charge on any atom is -0.466 e. The molecule has 0 heterocycles. The van der Waals surface area contributed by atoms with E-state index in [1.165, 1.54) is 12.1 Å². The van der Waals surface area contributed by atoms with Gasteiger partial charge in [0.1, 0.15) is 6.42 Å². The third-order valence-electron chi connectivity index (χ3n) is 5.75. The van der Waals surface area contributed by atoms with E-state index in [2.05, 4.69) is 0 Å². The Morgan fingerprint density at radius 1 is 0.941 bits per heavy atom. The summed E-state index contributed by atoms with van der Waals surface area (Å²) < 4.78 is 76.2. The molecule has 0 saturated heterocycles. The van der Waals surface area contributed by atoms with E-state index in [9.17, 15) is 36.3 Å². The van der Waals surface area contributed by atoms with Crippen LogP contribution in [0.2, 0.25) is 0 Å². The standard InChI is InChI=1S/C23H28F5NO5/c1-3-33-19(31)13-18(30)29(14-16-5-7-17(8-6-16)23(26,27)28)15-21(20(32)34-4-2)9-11-22(24,25)12-10-21/h5-8H,3-4,9-15H2,1-2H3. The molecule has 190 valence electrons. The van der Waals surface area contributed by atoms with Gasteiger partial charge in [0.2, 0.25) is 11.8 Å². The van der Waals surface area contributed by atoms with Gasteiger partial charge in [-0.25, -0.2) is 8.78 Å². The molecule has 34 heavy (non-hydrogen) atoms. The topological polar surface area (TPSA) is 72.9 Å². The quantitative estimate of drug-likeness (QED) is 0.282. The van der Waals surface area contributed by atoms with Crippen molar-refractivity contribution >= 4 is 17.8 Å². The zero-order valence-electron chi connectivity index (χ0n) is 19.1. The Morgan fingerprint density at radius 3 is 2.00 bits per heavy atom. The lowest BCUT2D eigenvalue weighted by atomic mass is 9.72. The second kappa shape index (κ2) is 11.1. The van der Waals surface area contributed by atoms with Crippen LogP contribution in [-0.2, 0) is 36.6 Å². The zero-order chi connectivity index (χ0) is 25.6. The SMILES string of the molecule is CCOC(=O)CC(=O)N(Cc1ccc(C(F)(F)F)cc1)CC1(C(=O)OCC)CCC(F)(F)CC1. The van der Waals surface area contributed by atoms with E-state index < -0.39 is 60.2 Å². The molecule has 0 aliphatic heterocycles. The molecule has 6 nitrogen and oxygen atoms in total. The highest BCUT2D eigenvalue weighted by Crippen LogP contribution is 2.45. The maximum absolute atomic E-state index is 13.8. The van der Waals surface area contributed by atoms with E-state index in [1.807, 2.05) is 0 Å². The molecule has 0 bridgehead atoms. The van der Waals surface area contributed by atoms with Crippen LogP contribution in [0, 0.1) is 5.41 Å². The van der Waals surface area contributed by atoms with E-state index >= 15 is 0 Å². The smallest absolute Gasteiger partial charge is 0.416 e. The number of alkyl halides is 5. The van der Waals surface area contributed by atoms with E-state index in [-0.39, 0.29) is 39.1 Å². The molecule has 0 atom stereocenters. The Bertz CT molecular complexity index is 859. The molecule has 11 heteroatoms. The Kier molecular flexibility index (Phi) is 9.02. The van der Waals surface area contributed by atoms with Crippen LogP contribution < -0.4 is 0 Å². The number of carbonyl (C=O) groups is 3. The highest BCUT2D eigenvalue weighted by Gasteiger charge is 2.50. The van der Waals surface area contributed by atoms with Gasteiger partial charge in [-0.15, -0.1) is 0 Å². The van der Waals surface area contributed by atoms with Crippen molar-refractivity contribution in [3.8, 4) is 0 Å². The van der Waals surface area contributed by atoms with Gasteiger partial charge in [0.05, 0.1) is 24.2 Å². The van der Waals surface area contributed by atoms with E-state index in [0.29, 0.717) is 5.56 Å². The van der Waals surface area contributed by atoms with Gasteiger partial charge in [-0.3, -0.25) is 14.4 Å². The summed E-state index contributed by atoms with van der Waals surface area (Å²) >= 11 is 0. The van der Waals surface area contributed by atoms with Crippen LogP contribution in [0.4, 0.5) is 22.0 Å². The van der Waals surface area contributed by atoms with Gasteiger partial charge in [-0.2, -0.15) is 13.2 Å².